The van der Waals surface area contributed by atoms with Crippen LogP contribution in [0.15, 0.2) is 30.5 Å². The molecular formula is C19H25N3O3. The van der Waals surface area contributed by atoms with E-state index in [2.05, 4.69) is 12.0 Å². The van der Waals surface area contributed by atoms with Crippen LogP contribution < -0.4 is 4.74 Å². The van der Waals surface area contributed by atoms with Gasteiger partial charge in [-0.25, -0.2) is 4.68 Å². The van der Waals surface area contributed by atoms with Crippen molar-refractivity contribution in [3.05, 3.63) is 41.7 Å². The Morgan fingerprint density at radius 2 is 2.04 bits per heavy atom. The number of benzene rings is 1. The first-order valence-corrected chi connectivity index (χ1v) is 8.57. The summed E-state index contributed by atoms with van der Waals surface area (Å²) >= 11 is 0. The molecule has 1 aromatic heterocycles. The lowest BCUT2D eigenvalue weighted by molar-refractivity contribution is -0.00159. The van der Waals surface area contributed by atoms with Crippen LogP contribution in [0.3, 0.4) is 0 Å². The third-order valence-corrected chi connectivity index (χ3v) is 5.03. The number of rotatable bonds is 4. The van der Waals surface area contributed by atoms with E-state index in [1.54, 1.807) is 25.1 Å². The first-order valence-electron chi connectivity index (χ1n) is 8.57. The standard InChI is InChI=1S/C19H25N3O3/c1-13-9-10-21(12-18(13)25-4)19(23)15-11-20-22(14(15)2)16-7-5-6-8-17(16)24-3/h5-8,11,13,18H,9-10,12H2,1-4H3/t13-,18+/m0/s1. The van der Waals surface area contributed by atoms with Gasteiger partial charge in [0.25, 0.3) is 5.91 Å². The fraction of sp³-hybridized carbons (Fsp3) is 0.474. The predicted molar refractivity (Wildman–Crippen MR) is 95.3 cm³/mol. The number of hydrogen-bond donors (Lipinski definition) is 0. The molecule has 1 saturated heterocycles. The van der Waals surface area contributed by atoms with Gasteiger partial charge in [0.1, 0.15) is 11.4 Å². The molecule has 134 valence electrons. The first kappa shape index (κ1) is 17.5. The molecule has 0 aliphatic carbocycles. The monoisotopic (exact) mass is 343 g/mol. The minimum Gasteiger partial charge on any atom is -0.494 e. The topological polar surface area (TPSA) is 56.6 Å². The molecule has 1 aromatic carbocycles. The van der Waals surface area contributed by atoms with Gasteiger partial charge in [0.15, 0.2) is 0 Å². The molecular weight excluding hydrogens is 318 g/mol. The molecule has 3 rings (SSSR count). The van der Waals surface area contributed by atoms with Crippen LogP contribution in [0, 0.1) is 12.8 Å². The number of likely N-dealkylation sites (tertiary alicyclic amines) is 1. The molecule has 1 aliphatic heterocycles. The van der Waals surface area contributed by atoms with Crippen LogP contribution in [0.25, 0.3) is 5.69 Å². The highest BCUT2D eigenvalue weighted by molar-refractivity contribution is 5.95. The average molecular weight is 343 g/mol. The van der Waals surface area contributed by atoms with E-state index >= 15 is 0 Å². The summed E-state index contributed by atoms with van der Waals surface area (Å²) in [5.41, 5.74) is 2.25. The number of para-hydroxylation sites is 2. The van der Waals surface area contributed by atoms with Crippen molar-refractivity contribution in [1.29, 1.82) is 0 Å². The van der Waals surface area contributed by atoms with E-state index in [4.69, 9.17) is 9.47 Å². The minimum absolute atomic E-state index is 0.00704. The lowest BCUT2D eigenvalue weighted by atomic mass is 9.95. The highest BCUT2D eigenvalue weighted by atomic mass is 16.5. The SMILES string of the molecule is COc1ccccc1-n1ncc(C(=O)N2CC[C@H](C)[C@H](OC)C2)c1C. The van der Waals surface area contributed by atoms with Crippen molar-refractivity contribution in [2.45, 2.75) is 26.4 Å². The number of aromatic nitrogens is 2. The second-order valence-electron chi connectivity index (χ2n) is 6.52. The van der Waals surface area contributed by atoms with Gasteiger partial charge >= 0.3 is 0 Å². The largest absolute Gasteiger partial charge is 0.494 e. The van der Waals surface area contributed by atoms with Crippen molar-refractivity contribution >= 4 is 5.91 Å². The Bertz CT molecular complexity index is 756. The Kier molecular flexibility index (Phi) is 5.08. The third-order valence-electron chi connectivity index (χ3n) is 5.03. The van der Waals surface area contributed by atoms with Gasteiger partial charge in [-0.15, -0.1) is 0 Å². The van der Waals surface area contributed by atoms with E-state index in [9.17, 15) is 4.79 Å². The Labute approximate surface area is 148 Å². The maximum absolute atomic E-state index is 13.0. The molecule has 1 aliphatic rings. The Morgan fingerprint density at radius 3 is 2.76 bits per heavy atom. The number of methoxy groups -OCH3 is 2. The summed E-state index contributed by atoms with van der Waals surface area (Å²) in [5.74, 6) is 1.19. The van der Waals surface area contributed by atoms with Crippen molar-refractivity contribution in [3.8, 4) is 11.4 Å². The second-order valence-corrected chi connectivity index (χ2v) is 6.52. The quantitative estimate of drug-likeness (QED) is 0.856. The smallest absolute Gasteiger partial charge is 0.257 e. The third kappa shape index (κ3) is 3.26. The number of nitrogens with zero attached hydrogens (tertiary/aromatic N) is 3. The van der Waals surface area contributed by atoms with Gasteiger partial charge in [-0.2, -0.15) is 5.10 Å². The maximum Gasteiger partial charge on any atom is 0.257 e. The van der Waals surface area contributed by atoms with Crippen LogP contribution in [0.4, 0.5) is 0 Å². The van der Waals surface area contributed by atoms with Crippen LogP contribution in [-0.4, -0.2) is 54.0 Å². The van der Waals surface area contributed by atoms with E-state index < -0.39 is 0 Å². The van der Waals surface area contributed by atoms with Crippen LogP contribution >= 0.6 is 0 Å². The number of piperidine rings is 1. The number of carbonyl (C=O) groups excluding carboxylic acids is 1. The first-order chi connectivity index (χ1) is 12.1. The molecule has 6 nitrogen and oxygen atoms in total. The van der Waals surface area contributed by atoms with Crippen LogP contribution in [-0.2, 0) is 4.74 Å². The molecule has 25 heavy (non-hydrogen) atoms. The number of carbonyl (C=O) groups is 1. The molecule has 2 heterocycles. The Morgan fingerprint density at radius 1 is 1.28 bits per heavy atom. The molecule has 0 radical (unpaired) electrons. The summed E-state index contributed by atoms with van der Waals surface area (Å²) in [6.45, 7) is 5.45. The molecule has 1 amide bonds. The zero-order valence-electron chi connectivity index (χ0n) is 15.2. The summed E-state index contributed by atoms with van der Waals surface area (Å²) in [4.78, 5) is 14.8. The van der Waals surface area contributed by atoms with E-state index in [0.29, 0.717) is 18.0 Å². The second kappa shape index (κ2) is 7.27. The number of ether oxygens (including phenoxy) is 2. The lowest BCUT2D eigenvalue weighted by Crippen LogP contribution is -2.46. The lowest BCUT2D eigenvalue weighted by Gasteiger charge is -2.36. The molecule has 0 spiro atoms. The summed E-state index contributed by atoms with van der Waals surface area (Å²) in [5, 5.41) is 4.42. The summed E-state index contributed by atoms with van der Waals surface area (Å²) < 4.78 is 12.7. The molecule has 1 fully saturated rings. The van der Waals surface area contributed by atoms with E-state index in [1.165, 1.54) is 0 Å². The molecule has 0 saturated carbocycles. The minimum atomic E-state index is 0.00704. The molecule has 0 unspecified atom stereocenters. The zero-order valence-corrected chi connectivity index (χ0v) is 15.2. The molecule has 0 N–H and O–H groups in total. The van der Waals surface area contributed by atoms with Crippen molar-refractivity contribution in [3.63, 3.8) is 0 Å². The van der Waals surface area contributed by atoms with Gasteiger partial charge in [-0.3, -0.25) is 4.79 Å². The van der Waals surface area contributed by atoms with Crippen molar-refractivity contribution in [2.75, 3.05) is 27.3 Å². The van der Waals surface area contributed by atoms with Crippen LogP contribution in [0.5, 0.6) is 5.75 Å². The van der Waals surface area contributed by atoms with Gasteiger partial charge in [-0.1, -0.05) is 19.1 Å². The van der Waals surface area contributed by atoms with Crippen LogP contribution in [0.1, 0.15) is 29.4 Å². The van der Waals surface area contributed by atoms with Crippen molar-refractivity contribution in [1.82, 2.24) is 14.7 Å². The predicted octanol–water partition coefficient (Wildman–Crippen LogP) is 2.69. The summed E-state index contributed by atoms with van der Waals surface area (Å²) in [6.07, 6.45) is 2.68. The van der Waals surface area contributed by atoms with Gasteiger partial charge < -0.3 is 14.4 Å². The fourth-order valence-corrected chi connectivity index (χ4v) is 3.36. The Hall–Kier alpha value is -2.34. The maximum atomic E-state index is 13.0. The van der Waals surface area contributed by atoms with Crippen molar-refractivity contribution < 1.29 is 14.3 Å². The van der Waals surface area contributed by atoms with E-state index in [0.717, 1.165) is 30.1 Å². The average Bonchev–Trinajstić information content (AvgIpc) is 3.02. The molecule has 0 bridgehead atoms. The fourth-order valence-electron chi connectivity index (χ4n) is 3.36. The number of hydrogen-bond acceptors (Lipinski definition) is 4. The van der Waals surface area contributed by atoms with Gasteiger partial charge in [-0.05, 0) is 31.4 Å². The van der Waals surface area contributed by atoms with Crippen molar-refractivity contribution in [2.24, 2.45) is 5.92 Å². The van der Waals surface area contributed by atoms with Gasteiger partial charge in [0.05, 0.1) is 30.7 Å². The summed E-state index contributed by atoms with van der Waals surface area (Å²) in [6, 6.07) is 7.65. The highest BCUT2D eigenvalue weighted by Crippen LogP contribution is 2.26. The Balaban J connectivity index is 1.87. The number of amides is 1. The zero-order chi connectivity index (χ0) is 18.0. The van der Waals surface area contributed by atoms with Crippen LogP contribution in [0.2, 0.25) is 0 Å². The van der Waals surface area contributed by atoms with E-state index in [-0.39, 0.29) is 12.0 Å². The van der Waals surface area contributed by atoms with Gasteiger partial charge in [0, 0.05) is 20.2 Å². The van der Waals surface area contributed by atoms with Gasteiger partial charge in [0.2, 0.25) is 0 Å². The molecule has 2 aromatic rings. The molecule has 2 atom stereocenters. The normalized spacial score (nSPS) is 20.6. The molecule has 6 heteroatoms. The van der Waals surface area contributed by atoms with E-state index in [1.807, 2.05) is 36.1 Å². The summed E-state index contributed by atoms with van der Waals surface area (Å²) in [7, 11) is 3.34. The highest BCUT2D eigenvalue weighted by Gasteiger charge is 2.30.